The van der Waals surface area contributed by atoms with Crippen LogP contribution < -0.4 is 5.32 Å². The van der Waals surface area contributed by atoms with E-state index in [1.54, 1.807) is 12.1 Å². The van der Waals surface area contributed by atoms with E-state index in [0.717, 1.165) is 40.7 Å². The molecule has 4 nitrogen and oxygen atoms in total. The predicted molar refractivity (Wildman–Crippen MR) is 108 cm³/mol. The number of nitrogens with one attached hydrogen (secondary N) is 2. The molecule has 5 heteroatoms. The maximum absolute atomic E-state index is 14.2. The van der Waals surface area contributed by atoms with Gasteiger partial charge in [-0.25, -0.2) is 4.39 Å². The molecule has 1 heterocycles. The zero-order chi connectivity index (χ0) is 19.4. The minimum Gasteiger partial charge on any atom is -0.354 e. The van der Waals surface area contributed by atoms with Gasteiger partial charge in [0.2, 0.25) is 5.91 Å². The second-order valence-electron chi connectivity index (χ2n) is 7.17. The number of rotatable bonds is 7. The number of carbonyl (C=O) groups excluding carboxylic acids is 1. The lowest BCUT2D eigenvalue weighted by atomic mass is 10.0. The second kappa shape index (κ2) is 8.35. The van der Waals surface area contributed by atoms with Crippen LogP contribution in [0.1, 0.15) is 24.0 Å². The average molecular weight is 367 g/mol. The van der Waals surface area contributed by atoms with Crippen molar-refractivity contribution in [2.45, 2.75) is 26.3 Å². The highest BCUT2D eigenvalue weighted by Gasteiger charge is 2.13. The van der Waals surface area contributed by atoms with Crippen LogP contribution in [-0.4, -0.2) is 36.4 Å². The zero-order valence-corrected chi connectivity index (χ0v) is 16.1. The molecule has 3 rings (SSSR count). The number of benzene rings is 2. The van der Waals surface area contributed by atoms with Crippen LogP contribution in [0.4, 0.5) is 4.39 Å². The fraction of sp³-hybridized carbons (Fsp3) is 0.318. The van der Waals surface area contributed by atoms with E-state index >= 15 is 0 Å². The van der Waals surface area contributed by atoms with Crippen LogP contribution in [0, 0.1) is 12.7 Å². The number of aromatic nitrogens is 1. The summed E-state index contributed by atoms with van der Waals surface area (Å²) in [5.41, 5.74) is 4.38. The summed E-state index contributed by atoms with van der Waals surface area (Å²) in [6.45, 7) is 3.39. The Morgan fingerprint density at radius 1 is 1.19 bits per heavy atom. The molecule has 0 fully saturated rings. The van der Waals surface area contributed by atoms with E-state index < -0.39 is 0 Å². The number of aromatic amines is 1. The van der Waals surface area contributed by atoms with Gasteiger partial charge in [-0.15, -0.1) is 0 Å². The molecule has 27 heavy (non-hydrogen) atoms. The molecule has 2 N–H and O–H groups in total. The van der Waals surface area contributed by atoms with Gasteiger partial charge in [0, 0.05) is 29.4 Å². The van der Waals surface area contributed by atoms with Crippen molar-refractivity contribution in [3.63, 3.8) is 0 Å². The number of fused-ring (bicyclic) bond motifs is 1. The van der Waals surface area contributed by atoms with Crippen LogP contribution in [0.5, 0.6) is 0 Å². The monoisotopic (exact) mass is 367 g/mol. The Morgan fingerprint density at radius 3 is 2.70 bits per heavy atom. The Hall–Kier alpha value is -2.66. The normalized spacial score (nSPS) is 11.3. The van der Waals surface area contributed by atoms with Gasteiger partial charge >= 0.3 is 0 Å². The number of halogens is 1. The molecular formula is C22H26FN3O. The summed E-state index contributed by atoms with van der Waals surface area (Å²) in [6.07, 6.45) is 1.38. The van der Waals surface area contributed by atoms with Gasteiger partial charge in [-0.05, 0) is 69.4 Å². The first-order valence-corrected chi connectivity index (χ1v) is 9.23. The minimum atomic E-state index is -0.239. The van der Waals surface area contributed by atoms with Gasteiger partial charge in [0.05, 0.1) is 5.69 Å². The van der Waals surface area contributed by atoms with Gasteiger partial charge in [0.1, 0.15) is 5.82 Å². The van der Waals surface area contributed by atoms with Crippen molar-refractivity contribution in [1.82, 2.24) is 15.2 Å². The van der Waals surface area contributed by atoms with Crippen LogP contribution in [-0.2, 0) is 11.3 Å². The molecule has 0 radical (unpaired) electrons. The summed E-state index contributed by atoms with van der Waals surface area (Å²) >= 11 is 0. The number of carbonyl (C=O) groups is 1. The first kappa shape index (κ1) is 19.1. The largest absolute Gasteiger partial charge is 0.354 e. The summed E-state index contributed by atoms with van der Waals surface area (Å²) in [5.74, 6) is -0.174. The summed E-state index contributed by atoms with van der Waals surface area (Å²) in [5, 5.41) is 4.03. The molecule has 2 aromatic carbocycles. The van der Waals surface area contributed by atoms with Gasteiger partial charge in [-0.2, -0.15) is 0 Å². The molecule has 0 saturated heterocycles. The number of H-pyrrole nitrogens is 1. The third kappa shape index (κ3) is 4.55. The van der Waals surface area contributed by atoms with Crippen LogP contribution >= 0.6 is 0 Å². The molecule has 0 aliphatic carbocycles. The SMILES string of the molecule is Cc1c(-c2ccccc2F)[nH]c2ccc(CNC(=O)CCCN(C)C)cc12. The third-order valence-corrected chi connectivity index (χ3v) is 4.76. The summed E-state index contributed by atoms with van der Waals surface area (Å²) in [7, 11) is 4.00. The van der Waals surface area contributed by atoms with Crippen molar-refractivity contribution < 1.29 is 9.18 Å². The van der Waals surface area contributed by atoms with E-state index in [4.69, 9.17) is 0 Å². The lowest BCUT2D eigenvalue weighted by Crippen LogP contribution is -2.24. The Labute approximate surface area is 159 Å². The molecule has 0 bridgehead atoms. The van der Waals surface area contributed by atoms with E-state index in [9.17, 15) is 9.18 Å². The van der Waals surface area contributed by atoms with Crippen molar-refractivity contribution in [3.05, 3.63) is 59.4 Å². The number of amides is 1. The Bertz CT molecular complexity index is 946. The van der Waals surface area contributed by atoms with E-state index in [0.29, 0.717) is 18.5 Å². The van der Waals surface area contributed by atoms with Crippen LogP contribution in [0.15, 0.2) is 42.5 Å². The molecule has 0 aliphatic rings. The first-order valence-electron chi connectivity index (χ1n) is 9.23. The van der Waals surface area contributed by atoms with Crippen molar-refractivity contribution in [2.24, 2.45) is 0 Å². The molecule has 0 unspecified atom stereocenters. The molecule has 0 spiro atoms. The fourth-order valence-electron chi connectivity index (χ4n) is 3.26. The van der Waals surface area contributed by atoms with E-state index in [2.05, 4.69) is 21.3 Å². The molecule has 0 saturated carbocycles. The molecule has 142 valence electrons. The summed E-state index contributed by atoms with van der Waals surface area (Å²) in [6, 6.07) is 12.8. The minimum absolute atomic E-state index is 0.0646. The molecular weight excluding hydrogens is 341 g/mol. The number of hydrogen-bond donors (Lipinski definition) is 2. The molecule has 1 amide bonds. The van der Waals surface area contributed by atoms with Crippen molar-refractivity contribution in [1.29, 1.82) is 0 Å². The maximum Gasteiger partial charge on any atom is 0.220 e. The Balaban J connectivity index is 1.73. The molecule has 1 aromatic heterocycles. The van der Waals surface area contributed by atoms with Gasteiger partial charge in [-0.1, -0.05) is 18.2 Å². The summed E-state index contributed by atoms with van der Waals surface area (Å²) < 4.78 is 14.2. The Morgan fingerprint density at radius 2 is 1.96 bits per heavy atom. The third-order valence-electron chi connectivity index (χ3n) is 4.76. The second-order valence-corrected chi connectivity index (χ2v) is 7.17. The van der Waals surface area contributed by atoms with Gasteiger partial charge in [-0.3, -0.25) is 4.79 Å². The van der Waals surface area contributed by atoms with Gasteiger partial charge < -0.3 is 15.2 Å². The van der Waals surface area contributed by atoms with E-state index in [1.807, 2.05) is 39.2 Å². The number of nitrogens with zero attached hydrogens (tertiary/aromatic N) is 1. The van der Waals surface area contributed by atoms with Crippen molar-refractivity contribution in [3.8, 4) is 11.3 Å². The predicted octanol–water partition coefficient (Wildman–Crippen LogP) is 4.24. The lowest BCUT2D eigenvalue weighted by molar-refractivity contribution is -0.121. The summed E-state index contributed by atoms with van der Waals surface area (Å²) in [4.78, 5) is 17.4. The average Bonchev–Trinajstić information content (AvgIpc) is 2.96. The van der Waals surface area contributed by atoms with E-state index in [-0.39, 0.29) is 11.7 Å². The smallest absolute Gasteiger partial charge is 0.220 e. The highest BCUT2D eigenvalue weighted by Crippen LogP contribution is 2.31. The fourth-order valence-corrected chi connectivity index (χ4v) is 3.26. The van der Waals surface area contributed by atoms with Gasteiger partial charge in [0.25, 0.3) is 0 Å². The van der Waals surface area contributed by atoms with Crippen LogP contribution in [0.3, 0.4) is 0 Å². The number of aryl methyl sites for hydroxylation is 1. The zero-order valence-electron chi connectivity index (χ0n) is 16.1. The molecule has 0 atom stereocenters. The van der Waals surface area contributed by atoms with E-state index in [1.165, 1.54) is 6.07 Å². The highest BCUT2D eigenvalue weighted by atomic mass is 19.1. The lowest BCUT2D eigenvalue weighted by Gasteiger charge is -2.09. The topological polar surface area (TPSA) is 48.1 Å². The maximum atomic E-state index is 14.2. The highest BCUT2D eigenvalue weighted by molar-refractivity contribution is 5.91. The van der Waals surface area contributed by atoms with Crippen LogP contribution in [0.2, 0.25) is 0 Å². The van der Waals surface area contributed by atoms with Crippen molar-refractivity contribution in [2.75, 3.05) is 20.6 Å². The van der Waals surface area contributed by atoms with Crippen molar-refractivity contribution >= 4 is 16.8 Å². The van der Waals surface area contributed by atoms with Gasteiger partial charge in [0.15, 0.2) is 0 Å². The first-order chi connectivity index (χ1) is 13.0. The Kier molecular flexibility index (Phi) is 5.91. The number of hydrogen-bond acceptors (Lipinski definition) is 2. The van der Waals surface area contributed by atoms with Crippen LogP contribution in [0.25, 0.3) is 22.2 Å². The standard InChI is InChI=1S/C22H26FN3O/c1-15-18-13-16(14-24-21(27)9-6-12-26(2)3)10-11-20(18)25-22(15)17-7-4-5-8-19(17)23/h4-5,7-8,10-11,13,25H,6,9,12,14H2,1-3H3,(H,24,27). The molecule has 0 aliphatic heterocycles. The molecule has 3 aromatic rings. The quantitative estimate of drug-likeness (QED) is 0.656.